The molecule has 192 valence electrons. The summed E-state index contributed by atoms with van der Waals surface area (Å²) in [7, 11) is 0. The standard InChI is InChI=1S/C25H34F3N5O2/c1-16(13-25(26,27)28)31-24-30-15-21-22(32-24)20(17-5-3-2-4-6-17)14-29-23(21)35-19-11-18(12-19)33-7-9-34-10-8-33/h14-19H,2-13H2,1H3,(H,30,31,32). The lowest BCUT2D eigenvalue weighted by molar-refractivity contribution is -0.136. The number of pyridine rings is 1. The van der Waals surface area contributed by atoms with Gasteiger partial charge in [0.2, 0.25) is 11.8 Å². The van der Waals surface area contributed by atoms with Gasteiger partial charge in [0.05, 0.1) is 30.5 Å². The quantitative estimate of drug-likeness (QED) is 0.578. The third-order valence-corrected chi connectivity index (χ3v) is 7.48. The molecular weight excluding hydrogens is 459 g/mol. The van der Waals surface area contributed by atoms with Crippen LogP contribution in [0.5, 0.6) is 5.88 Å². The summed E-state index contributed by atoms with van der Waals surface area (Å²) < 4.78 is 50.2. The number of morpholine rings is 1. The van der Waals surface area contributed by atoms with Crippen molar-refractivity contribution < 1.29 is 22.6 Å². The molecule has 1 atom stereocenters. The largest absolute Gasteiger partial charge is 0.474 e. The molecule has 10 heteroatoms. The molecule has 0 amide bonds. The third kappa shape index (κ3) is 5.97. The van der Waals surface area contributed by atoms with Crippen LogP contribution in [0.15, 0.2) is 12.4 Å². The Balaban J connectivity index is 1.35. The van der Waals surface area contributed by atoms with Crippen molar-refractivity contribution in [1.29, 1.82) is 0 Å². The molecule has 3 aliphatic rings. The highest BCUT2D eigenvalue weighted by molar-refractivity contribution is 5.86. The maximum absolute atomic E-state index is 12.8. The van der Waals surface area contributed by atoms with Crippen LogP contribution < -0.4 is 10.1 Å². The Kier molecular flexibility index (Phi) is 7.29. The minimum Gasteiger partial charge on any atom is -0.474 e. The second-order valence-corrected chi connectivity index (χ2v) is 10.2. The molecule has 3 heterocycles. The number of nitrogens with one attached hydrogen (secondary N) is 1. The van der Waals surface area contributed by atoms with Gasteiger partial charge in [0.15, 0.2) is 0 Å². The zero-order valence-corrected chi connectivity index (χ0v) is 20.2. The number of halogens is 3. The number of hydrogen-bond donors (Lipinski definition) is 1. The summed E-state index contributed by atoms with van der Waals surface area (Å²) in [5.74, 6) is 1.07. The van der Waals surface area contributed by atoms with Crippen LogP contribution in [-0.4, -0.2) is 70.5 Å². The number of alkyl halides is 3. The SMILES string of the molecule is CC(CC(F)(F)F)Nc1ncc2c(OC3CC(N4CCOCC4)C3)ncc(C3CCCCC3)c2n1. The van der Waals surface area contributed by atoms with Gasteiger partial charge in [-0.2, -0.15) is 13.2 Å². The van der Waals surface area contributed by atoms with Gasteiger partial charge in [0, 0.05) is 56.0 Å². The first-order chi connectivity index (χ1) is 16.9. The maximum atomic E-state index is 12.8. The number of fused-ring (bicyclic) bond motifs is 1. The molecule has 0 bridgehead atoms. The van der Waals surface area contributed by atoms with Gasteiger partial charge in [-0.1, -0.05) is 19.3 Å². The number of nitrogens with zero attached hydrogens (tertiary/aromatic N) is 4. The lowest BCUT2D eigenvalue weighted by Gasteiger charge is -2.43. The fourth-order valence-corrected chi connectivity index (χ4v) is 5.54. The normalized spacial score (nSPS) is 25.3. The molecule has 35 heavy (non-hydrogen) atoms. The van der Waals surface area contributed by atoms with Gasteiger partial charge < -0.3 is 14.8 Å². The highest BCUT2D eigenvalue weighted by Crippen LogP contribution is 2.39. The summed E-state index contributed by atoms with van der Waals surface area (Å²) >= 11 is 0. The van der Waals surface area contributed by atoms with Crippen LogP contribution >= 0.6 is 0 Å². The van der Waals surface area contributed by atoms with Crippen LogP contribution in [0.3, 0.4) is 0 Å². The van der Waals surface area contributed by atoms with E-state index in [4.69, 9.17) is 9.47 Å². The van der Waals surface area contributed by atoms with E-state index in [0.29, 0.717) is 17.8 Å². The van der Waals surface area contributed by atoms with E-state index in [-0.39, 0.29) is 12.1 Å². The lowest BCUT2D eigenvalue weighted by atomic mass is 9.84. The van der Waals surface area contributed by atoms with Crippen molar-refractivity contribution >= 4 is 16.9 Å². The van der Waals surface area contributed by atoms with E-state index in [9.17, 15) is 13.2 Å². The smallest absolute Gasteiger partial charge is 0.391 e. The summed E-state index contributed by atoms with van der Waals surface area (Å²) in [6, 6.07) is -0.311. The molecule has 7 nitrogen and oxygen atoms in total. The molecule has 0 radical (unpaired) electrons. The molecule has 2 aromatic rings. The van der Waals surface area contributed by atoms with E-state index in [1.54, 1.807) is 6.20 Å². The summed E-state index contributed by atoms with van der Waals surface area (Å²) in [5, 5.41) is 3.56. The minimum atomic E-state index is -4.25. The van der Waals surface area contributed by atoms with Crippen molar-refractivity contribution in [3.63, 3.8) is 0 Å². The van der Waals surface area contributed by atoms with Gasteiger partial charge >= 0.3 is 6.18 Å². The molecule has 1 N–H and O–H groups in total. The van der Waals surface area contributed by atoms with Gasteiger partial charge in [0.25, 0.3) is 0 Å². The average Bonchev–Trinajstić information content (AvgIpc) is 2.81. The van der Waals surface area contributed by atoms with Crippen LogP contribution in [0.25, 0.3) is 10.9 Å². The Morgan fingerprint density at radius 2 is 1.86 bits per heavy atom. The highest BCUT2D eigenvalue weighted by atomic mass is 19.4. The molecule has 2 saturated carbocycles. The van der Waals surface area contributed by atoms with Crippen molar-refractivity contribution in [2.45, 2.75) is 88.6 Å². The second kappa shape index (κ2) is 10.4. The molecule has 1 unspecified atom stereocenters. The topological polar surface area (TPSA) is 72.4 Å². The van der Waals surface area contributed by atoms with Crippen molar-refractivity contribution in [3.8, 4) is 5.88 Å². The fraction of sp³-hybridized carbons (Fsp3) is 0.720. The van der Waals surface area contributed by atoms with E-state index in [1.807, 2.05) is 6.20 Å². The predicted octanol–water partition coefficient (Wildman–Crippen LogP) is 5.07. The predicted molar refractivity (Wildman–Crippen MR) is 127 cm³/mol. The van der Waals surface area contributed by atoms with E-state index >= 15 is 0 Å². The Hall–Kier alpha value is -2.20. The van der Waals surface area contributed by atoms with Crippen molar-refractivity contribution in [1.82, 2.24) is 19.9 Å². The Morgan fingerprint density at radius 1 is 1.11 bits per heavy atom. The van der Waals surface area contributed by atoms with Gasteiger partial charge in [-0.25, -0.2) is 15.0 Å². The Bertz CT molecular complexity index is 1000. The van der Waals surface area contributed by atoms with Crippen molar-refractivity contribution in [3.05, 3.63) is 18.0 Å². The van der Waals surface area contributed by atoms with Crippen molar-refractivity contribution in [2.24, 2.45) is 0 Å². The zero-order valence-electron chi connectivity index (χ0n) is 20.2. The Labute approximate surface area is 203 Å². The second-order valence-electron chi connectivity index (χ2n) is 10.2. The number of ether oxygens (including phenoxy) is 2. The maximum Gasteiger partial charge on any atom is 0.391 e. The van der Waals surface area contributed by atoms with E-state index in [1.165, 1.54) is 13.3 Å². The van der Waals surface area contributed by atoms with Crippen LogP contribution in [-0.2, 0) is 4.74 Å². The molecular formula is C25H34F3N5O2. The molecule has 3 fully saturated rings. The van der Waals surface area contributed by atoms with Crippen LogP contribution in [0, 0.1) is 0 Å². The van der Waals surface area contributed by atoms with Gasteiger partial charge in [-0.15, -0.1) is 0 Å². The first-order valence-electron chi connectivity index (χ1n) is 12.8. The molecule has 0 spiro atoms. The first-order valence-corrected chi connectivity index (χ1v) is 12.8. The first kappa shape index (κ1) is 24.5. The van der Waals surface area contributed by atoms with Crippen molar-refractivity contribution in [2.75, 3.05) is 31.6 Å². The summed E-state index contributed by atoms with van der Waals surface area (Å²) in [6.07, 6.45) is 5.99. The van der Waals surface area contributed by atoms with E-state index in [0.717, 1.165) is 81.3 Å². The number of hydrogen-bond acceptors (Lipinski definition) is 7. The van der Waals surface area contributed by atoms with Crippen LogP contribution in [0.4, 0.5) is 19.1 Å². The minimum absolute atomic E-state index is 0.0867. The molecule has 2 aromatic heterocycles. The van der Waals surface area contributed by atoms with Gasteiger partial charge in [0.1, 0.15) is 6.10 Å². The fourth-order valence-electron chi connectivity index (χ4n) is 5.54. The Morgan fingerprint density at radius 3 is 2.57 bits per heavy atom. The molecule has 5 rings (SSSR count). The molecule has 1 saturated heterocycles. The van der Waals surface area contributed by atoms with E-state index < -0.39 is 18.6 Å². The number of rotatable bonds is 7. The lowest BCUT2D eigenvalue weighted by Crippen LogP contribution is -2.52. The molecule has 0 aromatic carbocycles. The summed E-state index contributed by atoms with van der Waals surface area (Å²) in [6.45, 7) is 4.99. The van der Waals surface area contributed by atoms with Crippen LogP contribution in [0.1, 0.15) is 69.8 Å². The monoisotopic (exact) mass is 493 g/mol. The third-order valence-electron chi connectivity index (χ3n) is 7.48. The zero-order chi connectivity index (χ0) is 24.4. The summed E-state index contributed by atoms with van der Waals surface area (Å²) in [4.78, 5) is 16.2. The number of aromatic nitrogens is 3. The van der Waals surface area contributed by atoms with Crippen LogP contribution in [0.2, 0.25) is 0 Å². The molecule has 1 aliphatic heterocycles. The number of anilines is 1. The highest BCUT2D eigenvalue weighted by Gasteiger charge is 2.36. The summed E-state index contributed by atoms with van der Waals surface area (Å²) in [5.41, 5.74) is 1.78. The van der Waals surface area contributed by atoms with E-state index in [2.05, 4.69) is 25.2 Å². The van der Waals surface area contributed by atoms with Gasteiger partial charge in [-0.05, 0) is 25.7 Å². The van der Waals surface area contributed by atoms with Gasteiger partial charge in [-0.3, -0.25) is 4.90 Å². The average molecular weight is 494 g/mol. The molecule has 2 aliphatic carbocycles.